The Morgan fingerprint density at radius 1 is 1.12 bits per heavy atom. The van der Waals surface area contributed by atoms with Crippen LogP contribution in [0.2, 0.25) is 0 Å². The molecular formula is C20H31N3O2. The van der Waals surface area contributed by atoms with Gasteiger partial charge in [-0.05, 0) is 70.1 Å². The molecule has 1 saturated heterocycles. The number of ether oxygens (including phenoxy) is 1. The van der Waals surface area contributed by atoms with Gasteiger partial charge in [0.2, 0.25) is 0 Å². The van der Waals surface area contributed by atoms with Crippen molar-refractivity contribution < 1.29 is 9.53 Å². The number of benzene rings is 1. The Labute approximate surface area is 150 Å². The van der Waals surface area contributed by atoms with Gasteiger partial charge in [0.25, 0.3) is 0 Å². The molecule has 5 heteroatoms. The quantitative estimate of drug-likeness (QED) is 0.876. The van der Waals surface area contributed by atoms with Crippen LogP contribution in [0.25, 0.3) is 0 Å². The van der Waals surface area contributed by atoms with Gasteiger partial charge in [-0.1, -0.05) is 12.1 Å². The lowest BCUT2D eigenvalue weighted by atomic mass is 9.80. The second-order valence-electron chi connectivity index (χ2n) is 8.47. The standard InChI is InChI=1S/C20H31N3O2/c1-20(2,3)25-19(24)22-17-8-4-14(5-9-17)15-6-10-18(11-7-15)23-12-16(21)13-23/h4-5,8-9,15-16,18H,6-7,10-13,21H2,1-3H3,(H,22,24). The van der Waals surface area contributed by atoms with Crippen LogP contribution in [-0.4, -0.2) is 41.8 Å². The molecule has 0 radical (unpaired) electrons. The van der Waals surface area contributed by atoms with Crippen LogP contribution in [0.3, 0.4) is 0 Å². The number of nitrogens with two attached hydrogens (primary N) is 1. The molecule has 138 valence electrons. The van der Waals surface area contributed by atoms with Crippen LogP contribution < -0.4 is 11.1 Å². The minimum Gasteiger partial charge on any atom is -0.444 e. The van der Waals surface area contributed by atoms with Crippen LogP contribution in [0, 0.1) is 0 Å². The fourth-order valence-corrected chi connectivity index (χ4v) is 3.88. The maximum absolute atomic E-state index is 11.8. The molecule has 3 N–H and O–H groups in total. The van der Waals surface area contributed by atoms with Gasteiger partial charge >= 0.3 is 6.09 Å². The van der Waals surface area contributed by atoms with E-state index >= 15 is 0 Å². The van der Waals surface area contributed by atoms with Crippen LogP contribution in [0.4, 0.5) is 10.5 Å². The summed E-state index contributed by atoms with van der Waals surface area (Å²) in [5, 5.41) is 2.79. The van der Waals surface area contributed by atoms with E-state index in [1.165, 1.54) is 31.2 Å². The van der Waals surface area contributed by atoms with Crippen LogP contribution in [0.5, 0.6) is 0 Å². The smallest absolute Gasteiger partial charge is 0.412 e. The average molecular weight is 345 g/mol. The molecule has 0 bridgehead atoms. The van der Waals surface area contributed by atoms with E-state index in [0.717, 1.165) is 24.8 Å². The number of nitrogens with zero attached hydrogens (tertiary/aromatic N) is 1. The highest BCUT2D eigenvalue weighted by Gasteiger charge is 2.32. The third kappa shape index (κ3) is 4.95. The van der Waals surface area contributed by atoms with E-state index in [4.69, 9.17) is 10.5 Å². The molecule has 1 amide bonds. The van der Waals surface area contributed by atoms with Crippen molar-refractivity contribution in [3.8, 4) is 0 Å². The summed E-state index contributed by atoms with van der Waals surface area (Å²) in [5.74, 6) is 0.627. The first-order valence-corrected chi connectivity index (χ1v) is 9.40. The molecule has 0 spiro atoms. The number of nitrogens with one attached hydrogen (secondary N) is 1. The molecule has 1 aromatic rings. The maximum Gasteiger partial charge on any atom is 0.412 e. The highest BCUT2D eigenvalue weighted by atomic mass is 16.6. The van der Waals surface area contributed by atoms with Crippen molar-refractivity contribution in [2.75, 3.05) is 18.4 Å². The number of amides is 1. The summed E-state index contributed by atoms with van der Waals surface area (Å²) < 4.78 is 5.28. The second-order valence-corrected chi connectivity index (χ2v) is 8.47. The SMILES string of the molecule is CC(C)(C)OC(=O)Nc1ccc(C2CCC(N3CC(N)C3)CC2)cc1. The topological polar surface area (TPSA) is 67.6 Å². The summed E-state index contributed by atoms with van der Waals surface area (Å²) in [6, 6.07) is 9.33. The molecule has 2 fully saturated rings. The first-order chi connectivity index (χ1) is 11.8. The second kappa shape index (κ2) is 7.34. The fourth-order valence-electron chi connectivity index (χ4n) is 3.88. The number of hydrogen-bond acceptors (Lipinski definition) is 4. The summed E-state index contributed by atoms with van der Waals surface area (Å²) in [4.78, 5) is 14.4. The zero-order valence-electron chi connectivity index (χ0n) is 15.6. The van der Waals surface area contributed by atoms with Gasteiger partial charge in [0.05, 0.1) is 0 Å². The number of carbonyl (C=O) groups is 1. The van der Waals surface area contributed by atoms with Crippen molar-refractivity contribution in [1.82, 2.24) is 4.90 Å². The van der Waals surface area contributed by atoms with E-state index in [2.05, 4.69) is 22.3 Å². The zero-order chi connectivity index (χ0) is 18.0. The van der Waals surface area contributed by atoms with Crippen molar-refractivity contribution in [2.45, 2.75) is 70.1 Å². The monoisotopic (exact) mass is 345 g/mol. The minimum absolute atomic E-state index is 0.391. The molecule has 2 aliphatic rings. The normalized spacial score (nSPS) is 25.3. The first-order valence-electron chi connectivity index (χ1n) is 9.40. The summed E-state index contributed by atoms with van der Waals surface area (Å²) in [5.41, 5.74) is 7.56. The van der Waals surface area contributed by atoms with Gasteiger partial charge in [0, 0.05) is 30.9 Å². The molecule has 1 aromatic carbocycles. The van der Waals surface area contributed by atoms with E-state index in [1.54, 1.807) is 0 Å². The van der Waals surface area contributed by atoms with Crippen molar-refractivity contribution in [2.24, 2.45) is 5.73 Å². The van der Waals surface area contributed by atoms with Crippen molar-refractivity contribution >= 4 is 11.8 Å². The van der Waals surface area contributed by atoms with Gasteiger partial charge in [-0.2, -0.15) is 0 Å². The van der Waals surface area contributed by atoms with Gasteiger partial charge < -0.3 is 10.5 Å². The summed E-state index contributed by atoms with van der Waals surface area (Å²) in [7, 11) is 0. The van der Waals surface area contributed by atoms with Crippen molar-refractivity contribution in [1.29, 1.82) is 0 Å². The number of hydrogen-bond donors (Lipinski definition) is 2. The molecule has 25 heavy (non-hydrogen) atoms. The highest BCUT2D eigenvalue weighted by Crippen LogP contribution is 2.36. The van der Waals surface area contributed by atoms with Crippen LogP contribution in [-0.2, 0) is 4.74 Å². The fraction of sp³-hybridized carbons (Fsp3) is 0.650. The zero-order valence-corrected chi connectivity index (χ0v) is 15.6. The molecular weight excluding hydrogens is 314 g/mol. The Hall–Kier alpha value is -1.59. The molecule has 3 rings (SSSR count). The van der Waals surface area contributed by atoms with E-state index in [-0.39, 0.29) is 0 Å². The minimum atomic E-state index is -0.483. The van der Waals surface area contributed by atoms with Gasteiger partial charge in [0.15, 0.2) is 0 Å². The molecule has 1 aliphatic carbocycles. The van der Waals surface area contributed by atoms with Gasteiger partial charge in [-0.15, -0.1) is 0 Å². The largest absolute Gasteiger partial charge is 0.444 e. The van der Waals surface area contributed by atoms with E-state index in [0.29, 0.717) is 12.0 Å². The first kappa shape index (κ1) is 18.2. The Bertz CT molecular complexity index is 580. The molecule has 0 atom stereocenters. The average Bonchev–Trinajstić information content (AvgIpc) is 2.51. The third-order valence-corrected chi connectivity index (χ3v) is 5.18. The van der Waals surface area contributed by atoms with Crippen LogP contribution in [0.15, 0.2) is 24.3 Å². The van der Waals surface area contributed by atoms with Crippen molar-refractivity contribution in [3.63, 3.8) is 0 Å². The Morgan fingerprint density at radius 3 is 2.24 bits per heavy atom. The Morgan fingerprint density at radius 2 is 1.72 bits per heavy atom. The number of carbonyl (C=O) groups excluding carboxylic acids is 1. The van der Waals surface area contributed by atoms with Crippen LogP contribution >= 0.6 is 0 Å². The molecule has 1 saturated carbocycles. The van der Waals surface area contributed by atoms with Gasteiger partial charge in [-0.3, -0.25) is 10.2 Å². The Kier molecular flexibility index (Phi) is 5.35. The summed E-state index contributed by atoms with van der Waals surface area (Å²) in [6.45, 7) is 7.72. The number of anilines is 1. The molecule has 0 aromatic heterocycles. The summed E-state index contributed by atoms with van der Waals surface area (Å²) in [6.07, 6.45) is 4.57. The number of likely N-dealkylation sites (tertiary alicyclic amines) is 1. The predicted octanol–water partition coefficient (Wildman–Crippen LogP) is 3.70. The van der Waals surface area contributed by atoms with Gasteiger partial charge in [0.1, 0.15) is 5.60 Å². The predicted molar refractivity (Wildman–Crippen MR) is 101 cm³/mol. The lowest BCUT2D eigenvalue weighted by Crippen LogP contribution is -2.59. The molecule has 1 aliphatic heterocycles. The lowest BCUT2D eigenvalue weighted by Gasteiger charge is -2.45. The highest BCUT2D eigenvalue weighted by molar-refractivity contribution is 5.84. The van der Waals surface area contributed by atoms with E-state index < -0.39 is 11.7 Å². The lowest BCUT2D eigenvalue weighted by molar-refractivity contribution is 0.0636. The third-order valence-electron chi connectivity index (χ3n) is 5.18. The van der Waals surface area contributed by atoms with Gasteiger partial charge in [-0.25, -0.2) is 4.79 Å². The van der Waals surface area contributed by atoms with E-state index in [1.807, 2.05) is 32.9 Å². The summed E-state index contributed by atoms with van der Waals surface area (Å²) >= 11 is 0. The van der Waals surface area contributed by atoms with E-state index in [9.17, 15) is 4.79 Å². The maximum atomic E-state index is 11.8. The number of rotatable bonds is 3. The molecule has 5 nitrogen and oxygen atoms in total. The Balaban J connectivity index is 1.49. The molecule has 0 unspecified atom stereocenters. The van der Waals surface area contributed by atoms with Crippen LogP contribution in [0.1, 0.15) is 57.9 Å². The molecule has 1 heterocycles. The van der Waals surface area contributed by atoms with Crippen molar-refractivity contribution in [3.05, 3.63) is 29.8 Å².